The van der Waals surface area contributed by atoms with Crippen LogP contribution in [0.5, 0.6) is 0 Å². The maximum Gasteiger partial charge on any atom is 0.434 e. The van der Waals surface area contributed by atoms with Crippen molar-refractivity contribution in [1.29, 1.82) is 0 Å². The summed E-state index contributed by atoms with van der Waals surface area (Å²) in [5, 5.41) is 9.79. The standard InChI is InChI=1S/C12H18N4O5/c1-12(2,3)21-11(18)16-6-7(15-19-4)5-8(16)9-13-14-10(17)20-9/h8H,5-6H2,1-4H3,(H,14,17)/b15-7-/t8-/m0/s1. The number of hydrogen-bond donors (Lipinski definition) is 1. The molecule has 0 saturated carbocycles. The Morgan fingerprint density at radius 1 is 1.52 bits per heavy atom. The van der Waals surface area contributed by atoms with E-state index in [0.29, 0.717) is 12.1 Å². The number of oxime groups is 1. The minimum absolute atomic E-state index is 0.118. The first-order chi connectivity index (χ1) is 9.80. The van der Waals surface area contributed by atoms with Crippen molar-refractivity contribution in [3.8, 4) is 0 Å². The molecule has 21 heavy (non-hydrogen) atoms. The van der Waals surface area contributed by atoms with Crippen LogP contribution in [0.3, 0.4) is 0 Å². The number of aromatic amines is 1. The van der Waals surface area contributed by atoms with Crippen molar-refractivity contribution < 1.29 is 18.8 Å². The van der Waals surface area contributed by atoms with Crippen LogP contribution >= 0.6 is 0 Å². The van der Waals surface area contributed by atoms with Gasteiger partial charge in [-0.05, 0) is 20.8 Å². The van der Waals surface area contributed by atoms with Crippen molar-refractivity contribution in [2.45, 2.75) is 38.8 Å². The summed E-state index contributed by atoms with van der Waals surface area (Å²) in [5.74, 6) is -0.557. The first kappa shape index (κ1) is 15.1. The first-order valence-corrected chi connectivity index (χ1v) is 6.44. The van der Waals surface area contributed by atoms with Crippen LogP contribution in [-0.4, -0.2) is 46.2 Å². The van der Waals surface area contributed by atoms with Gasteiger partial charge in [-0.3, -0.25) is 4.90 Å². The minimum atomic E-state index is -0.675. The van der Waals surface area contributed by atoms with E-state index in [1.54, 1.807) is 20.8 Å². The number of nitrogens with zero attached hydrogens (tertiary/aromatic N) is 3. The number of hydrogen-bond acceptors (Lipinski definition) is 7. The number of nitrogens with one attached hydrogen (secondary N) is 1. The molecule has 0 aliphatic carbocycles. The molecule has 1 saturated heterocycles. The van der Waals surface area contributed by atoms with E-state index < -0.39 is 23.5 Å². The highest BCUT2D eigenvalue weighted by molar-refractivity contribution is 5.92. The second kappa shape index (κ2) is 5.58. The Kier molecular flexibility index (Phi) is 4.01. The average molecular weight is 298 g/mol. The monoisotopic (exact) mass is 298 g/mol. The molecule has 1 aromatic rings. The van der Waals surface area contributed by atoms with E-state index in [9.17, 15) is 9.59 Å². The lowest BCUT2D eigenvalue weighted by molar-refractivity contribution is 0.0207. The van der Waals surface area contributed by atoms with E-state index in [-0.39, 0.29) is 12.4 Å². The van der Waals surface area contributed by atoms with Crippen LogP contribution in [0, 0.1) is 0 Å². The lowest BCUT2D eigenvalue weighted by Gasteiger charge is -2.26. The topological polar surface area (TPSA) is 110 Å². The maximum absolute atomic E-state index is 12.3. The van der Waals surface area contributed by atoms with Crippen LogP contribution in [0.25, 0.3) is 0 Å². The fourth-order valence-electron chi connectivity index (χ4n) is 2.02. The van der Waals surface area contributed by atoms with E-state index in [1.807, 2.05) is 0 Å². The number of ether oxygens (including phenoxy) is 1. The SMILES string of the molecule is CO/N=C1/C[C@@H](c2n[nH]c(=O)o2)N(C(=O)OC(C)(C)C)C1. The summed E-state index contributed by atoms with van der Waals surface area (Å²) < 4.78 is 10.3. The van der Waals surface area contributed by atoms with Crippen LogP contribution < -0.4 is 5.76 Å². The van der Waals surface area contributed by atoms with Crippen molar-refractivity contribution in [3.63, 3.8) is 0 Å². The Morgan fingerprint density at radius 2 is 2.24 bits per heavy atom. The second-order valence-electron chi connectivity index (χ2n) is 5.62. The van der Waals surface area contributed by atoms with Gasteiger partial charge in [-0.2, -0.15) is 0 Å². The van der Waals surface area contributed by atoms with Crippen molar-refractivity contribution in [2.24, 2.45) is 5.16 Å². The molecule has 1 aliphatic heterocycles. The Morgan fingerprint density at radius 3 is 2.76 bits per heavy atom. The zero-order chi connectivity index (χ0) is 15.6. The molecule has 1 amide bonds. The second-order valence-corrected chi connectivity index (χ2v) is 5.62. The van der Waals surface area contributed by atoms with Crippen LogP contribution in [0.4, 0.5) is 4.79 Å². The highest BCUT2D eigenvalue weighted by atomic mass is 16.6. The lowest BCUT2D eigenvalue weighted by atomic mass is 10.2. The van der Waals surface area contributed by atoms with Crippen LogP contribution in [0.2, 0.25) is 0 Å². The largest absolute Gasteiger partial charge is 0.444 e. The summed E-state index contributed by atoms with van der Waals surface area (Å²) in [4.78, 5) is 29.5. The van der Waals surface area contributed by atoms with Gasteiger partial charge in [0.1, 0.15) is 18.8 Å². The molecule has 2 rings (SSSR count). The van der Waals surface area contributed by atoms with Gasteiger partial charge in [0, 0.05) is 6.42 Å². The number of H-pyrrole nitrogens is 1. The molecule has 0 spiro atoms. The predicted molar refractivity (Wildman–Crippen MR) is 71.9 cm³/mol. The van der Waals surface area contributed by atoms with Gasteiger partial charge in [0.15, 0.2) is 0 Å². The Hall–Kier alpha value is -2.32. The van der Waals surface area contributed by atoms with Crippen molar-refractivity contribution >= 4 is 11.8 Å². The zero-order valence-corrected chi connectivity index (χ0v) is 12.4. The third-order valence-corrected chi connectivity index (χ3v) is 2.75. The Balaban J connectivity index is 2.25. The molecule has 1 aliphatic rings. The lowest BCUT2D eigenvalue weighted by Crippen LogP contribution is -2.37. The van der Waals surface area contributed by atoms with Crippen molar-refractivity contribution in [2.75, 3.05) is 13.7 Å². The molecule has 9 heteroatoms. The number of carbonyl (C=O) groups excluding carboxylic acids is 1. The normalized spacial score (nSPS) is 20.9. The summed E-state index contributed by atoms with van der Waals surface area (Å²) in [7, 11) is 1.42. The maximum atomic E-state index is 12.3. The van der Waals surface area contributed by atoms with Crippen LogP contribution in [0.15, 0.2) is 14.4 Å². The zero-order valence-electron chi connectivity index (χ0n) is 12.4. The highest BCUT2D eigenvalue weighted by Crippen LogP contribution is 2.30. The van der Waals surface area contributed by atoms with E-state index in [2.05, 4.69) is 15.4 Å². The predicted octanol–water partition coefficient (Wildman–Crippen LogP) is 1.05. The van der Waals surface area contributed by atoms with Crippen molar-refractivity contribution in [1.82, 2.24) is 15.1 Å². The smallest absolute Gasteiger partial charge is 0.434 e. The molecular formula is C12H18N4O5. The molecule has 1 aromatic heterocycles. The van der Waals surface area contributed by atoms with E-state index >= 15 is 0 Å². The van der Waals surface area contributed by atoms with Gasteiger partial charge >= 0.3 is 11.8 Å². The third-order valence-electron chi connectivity index (χ3n) is 2.75. The molecule has 9 nitrogen and oxygen atoms in total. The molecule has 0 aromatic carbocycles. The molecule has 0 bridgehead atoms. The van der Waals surface area contributed by atoms with E-state index in [1.165, 1.54) is 12.0 Å². The number of rotatable bonds is 2. The van der Waals surface area contributed by atoms with Crippen LogP contribution in [0.1, 0.15) is 39.1 Å². The van der Waals surface area contributed by atoms with Crippen molar-refractivity contribution in [3.05, 3.63) is 16.4 Å². The molecule has 1 N–H and O–H groups in total. The van der Waals surface area contributed by atoms with Gasteiger partial charge in [-0.1, -0.05) is 5.16 Å². The summed E-state index contributed by atoms with van der Waals surface area (Å²) in [6, 6.07) is -0.548. The summed E-state index contributed by atoms with van der Waals surface area (Å²) in [6.07, 6.45) is -0.166. The molecule has 116 valence electrons. The summed E-state index contributed by atoms with van der Waals surface area (Å²) in [5.41, 5.74) is 0.00821. The van der Waals surface area contributed by atoms with E-state index in [0.717, 1.165) is 0 Å². The minimum Gasteiger partial charge on any atom is -0.444 e. The summed E-state index contributed by atoms with van der Waals surface area (Å²) in [6.45, 7) is 5.54. The molecule has 1 atom stereocenters. The molecule has 1 fully saturated rings. The van der Waals surface area contributed by atoms with Gasteiger partial charge < -0.3 is 14.0 Å². The fraction of sp³-hybridized carbons (Fsp3) is 0.667. The molecular weight excluding hydrogens is 280 g/mol. The molecule has 2 heterocycles. The first-order valence-electron chi connectivity index (χ1n) is 6.44. The van der Waals surface area contributed by atoms with Gasteiger partial charge in [0.25, 0.3) is 0 Å². The van der Waals surface area contributed by atoms with Gasteiger partial charge in [0.05, 0.1) is 12.3 Å². The molecule has 0 unspecified atom stereocenters. The van der Waals surface area contributed by atoms with Gasteiger partial charge in [-0.25, -0.2) is 14.7 Å². The number of amides is 1. The number of carbonyl (C=O) groups is 1. The van der Waals surface area contributed by atoms with Crippen LogP contribution in [-0.2, 0) is 9.57 Å². The number of aromatic nitrogens is 2. The highest BCUT2D eigenvalue weighted by Gasteiger charge is 2.39. The van der Waals surface area contributed by atoms with Gasteiger partial charge in [-0.15, -0.1) is 5.10 Å². The quantitative estimate of drug-likeness (QED) is 0.817. The Labute approximate surface area is 120 Å². The average Bonchev–Trinajstić information content (AvgIpc) is 2.93. The molecule has 0 radical (unpaired) electrons. The summed E-state index contributed by atoms with van der Waals surface area (Å²) >= 11 is 0. The third kappa shape index (κ3) is 3.61. The fourth-order valence-corrected chi connectivity index (χ4v) is 2.02. The Bertz CT molecular complexity index is 597. The van der Waals surface area contributed by atoms with E-state index in [4.69, 9.17) is 14.0 Å². The van der Waals surface area contributed by atoms with Gasteiger partial charge in [0.2, 0.25) is 5.89 Å². The number of likely N-dealkylation sites (tertiary alicyclic amines) is 1.